The Kier molecular flexibility index (Phi) is 6.82. The Hall–Kier alpha value is -1.68. The molecule has 0 bridgehead atoms. The second kappa shape index (κ2) is 8.43. The molecule has 0 saturated heterocycles. The van der Waals surface area contributed by atoms with Crippen molar-refractivity contribution in [1.29, 1.82) is 0 Å². The fourth-order valence-electron chi connectivity index (χ4n) is 1.73. The van der Waals surface area contributed by atoms with Crippen LogP contribution in [-0.2, 0) is 16.0 Å². The van der Waals surface area contributed by atoms with Crippen molar-refractivity contribution in [2.45, 2.75) is 19.8 Å². The van der Waals surface area contributed by atoms with E-state index in [0.717, 1.165) is 25.1 Å². The second-order valence-corrected chi connectivity index (χ2v) is 4.44. The molecule has 0 aliphatic heterocycles. The molecule has 1 aromatic heterocycles. The van der Waals surface area contributed by atoms with Gasteiger partial charge in [-0.3, -0.25) is 4.98 Å². The van der Waals surface area contributed by atoms with Gasteiger partial charge in [-0.2, -0.15) is 0 Å². The van der Waals surface area contributed by atoms with E-state index in [0.29, 0.717) is 6.42 Å². The molecule has 104 valence electrons. The number of likely N-dealkylation sites (N-methyl/N-ethyl adjacent to an activating group) is 1. The summed E-state index contributed by atoms with van der Waals surface area (Å²) in [6, 6.07) is 4.05. The maximum Gasteiger partial charge on any atom is 0.333 e. The topological polar surface area (TPSA) is 42.4 Å². The van der Waals surface area contributed by atoms with E-state index in [4.69, 9.17) is 4.74 Å². The highest BCUT2D eigenvalue weighted by Crippen LogP contribution is 2.04. The first-order valence-electron chi connectivity index (χ1n) is 6.52. The van der Waals surface area contributed by atoms with Crippen LogP contribution in [0, 0.1) is 0 Å². The molecule has 0 aliphatic rings. The Balaban J connectivity index is 2.40. The van der Waals surface area contributed by atoms with Crippen molar-refractivity contribution >= 4 is 5.97 Å². The van der Waals surface area contributed by atoms with E-state index < -0.39 is 0 Å². The SMILES string of the molecule is CCC(=CCN(C)CCc1ccncc1)C(=O)OC. The number of ether oxygens (including phenoxy) is 1. The van der Waals surface area contributed by atoms with Gasteiger partial charge < -0.3 is 9.64 Å². The zero-order chi connectivity index (χ0) is 14.1. The van der Waals surface area contributed by atoms with Crippen LogP contribution in [-0.4, -0.2) is 43.1 Å². The summed E-state index contributed by atoms with van der Waals surface area (Å²) in [4.78, 5) is 17.6. The number of hydrogen-bond donors (Lipinski definition) is 0. The van der Waals surface area contributed by atoms with E-state index in [1.807, 2.05) is 44.6 Å². The number of rotatable bonds is 7. The summed E-state index contributed by atoms with van der Waals surface area (Å²) < 4.78 is 4.73. The molecule has 0 N–H and O–H groups in total. The normalized spacial score (nSPS) is 11.7. The first kappa shape index (κ1) is 15.4. The van der Waals surface area contributed by atoms with Crippen molar-refractivity contribution in [3.63, 3.8) is 0 Å². The van der Waals surface area contributed by atoms with Crippen LogP contribution in [0.5, 0.6) is 0 Å². The first-order valence-corrected chi connectivity index (χ1v) is 6.52. The fourth-order valence-corrected chi connectivity index (χ4v) is 1.73. The van der Waals surface area contributed by atoms with E-state index in [1.54, 1.807) is 0 Å². The number of pyridine rings is 1. The molecule has 0 radical (unpaired) electrons. The van der Waals surface area contributed by atoms with Gasteiger partial charge in [0.15, 0.2) is 0 Å². The van der Waals surface area contributed by atoms with Crippen molar-refractivity contribution in [2.75, 3.05) is 27.2 Å². The monoisotopic (exact) mass is 262 g/mol. The van der Waals surface area contributed by atoms with Gasteiger partial charge in [0, 0.05) is 31.1 Å². The maximum atomic E-state index is 11.4. The lowest BCUT2D eigenvalue weighted by Crippen LogP contribution is -2.22. The minimum Gasteiger partial charge on any atom is -0.466 e. The Morgan fingerprint density at radius 2 is 2.11 bits per heavy atom. The van der Waals surface area contributed by atoms with E-state index in [1.165, 1.54) is 12.7 Å². The molecule has 0 amide bonds. The maximum absolute atomic E-state index is 11.4. The number of carbonyl (C=O) groups excluding carboxylic acids is 1. The lowest BCUT2D eigenvalue weighted by atomic mass is 10.2. The molecule has 1 aromatic rings. The van der Waals surface area contributed by atoms with Crippen molar-refractivity contribution in [2.24, 2.45) is 0 Å². The molecule has 0 spiro atoms. The third kappa shape index (κ3) is 5.66. The Bertz CT molecular complexity index is 415. The van der Waals surface area contributed by atoms with Crippen LogP contribution >= 0.6 is 0 Å². The molecule has 1 rings (SSSR count). The summed E-state index contributed by atoms with van der Waals surface area (Å²) >= 11 is 0. The average Bonchev–Trinajstić information content (AvgIpc) is 2.46. The van der Waals surface area contributed by atoms with E-state index >= 15 is 0 Å². The minimum absolute atomic E-state index is 0.231. The Labute approximate surface area is 115 Å². The summed E-state index contributed by atoms with van der Waals surface area (Å²) in [5.41, 5.74) is 2.01. The van der Waals surface area contributed by atoms with E-state index in [9.17, 15) is 4.79 Å². The summed E-state index contributed by atoms with van der Waals surface area (Å²) in [6.07, 6.45) is 7.24. The van der Waals surface area contributed by atoms with Gasteiger partial charge in [-0.15, -0.1) is 0 Å². The number of hydrogen-bond acceptors (Lipinski definition) is 4. The van der Waals surface area contributed by atoms with Crippen LogP contribution in [0.4, 0.5) is 0 Å². The highest BCUT2D eigenvalue weighted by atomic mass is 16.5. The quantitative estimate of drug-likeness (QED) is 0.557. The molecule has 0 saturated carbocycles. The highest BCUT2D eigenvalue weighted by Gasteiger charge is 2.06. The largest absolute Gasteiger partial charge is 0.466 e. The lowest BCUT2D eigenvalue weighted by Gasteiger charge is -2.15. The standard InChI is InChI=1S/C15H22N2O2/c1-4-14(15(18)19-3)8-12-17(2)11-7-13-5-9-16-10-6-13/h5-6,8-10H,4,7,11-12H2,1-3H3. The van der Waals surface area contributed by atoms with Crippen LogP contribution in [0.3, 0.4) is 0 Å². The highest BCUT2D eigenvalue weighted by molar-refractivity contribution is 5.88. The third-order valence-corrected chi connectivity index (χ3v) is 3.01. The number of aromatic nitrogens is 1. The zero-order valence-electron chi connectivity index (χ0n) is 11.9. The molecule has 4 nitrogen and oxygen atoms in total. The first-order chi connectivity index (χ1) is 9.17. The molecule has 0 fully saturated rings. The fraction of sp³-hybridized carbons (Fsp3) is 0.467. The van der Waals surface area contributed by atoms with Gasteiger partial charge >= 0.3 is 5.97 Å². The van der Waals surface area contributed by atoms with Crippen molar-refractivity contribution < 1.29 is 9.53 Å². The summed E-state index contributed by atoms with van der Waals surface area (Å²) in [7, 11) is 3.46. The molecular weight excluding hydrogens is 240 g/mol. The third-order valence-electron chi connectivity index (χ3n) is 3.01. The van der Waals surface area contributed by atoms with Crippen molar-refractivity contribution in [3.8, 4) is 0 Å². The summed E-state index contributed by atoms with van der Waals surface area (Å²) in [5, 5.41) is 0. The average molecular weight is 262 g/mol. The number of carbonyl (C=O) groups is 1. The van der Waals surface area contributed by atoms with Crippen LogP contribution in [0.2, 0.25) is 0 Å². The van der Waals surface area contributed by atoms with Gasteiger partial charge in [-0.25, -0.2) is 4.79 Å². The smallest absolute Gasteiger partial charge is 0.333 e. The number of methoxy groups -OCH3 is 1. The predicted octanol–water partition coefficient (Wildman–Crippen LogP) is 2.07. The molecule has 0 atom stereocenters. The van der Waals surface area contributed by atoms with Crippen molar-refractivity contribution in [1.82, 2.24) is 9.88 Å². The minimum atomic E-state index is -0.231. The second-order valence-electron chi connectivity index (χ2n) is 4.44. The van der Waals surface area contributed by atoms with Crippen molar-refractivity contribution in [3.05, 3.63) is 41.7 Å². The number of esters is 1. The van der Waals surface area contributed by atoms with Gasteiger partial charge in [0.05, 0.1) is 7.11 Å². The Morgan fingerprint density at radius 3 is 2.68 bits per heavy atom. The van der Waals surface area contributed by atoms with Crippen LogP contribution in [0.25, 0.3) is 0 Å². The van der Waals surface area contributed by atoms with Gasteiger partial charge in [0.25, 0.3) is 0 Å². The molecule has 0 aromatic carbocycles. The van der Waals surface area contributed by atoms with Gasteiger partial charge in [0.2, 0.25) is 0 Å². The molecule has 19 heavy (non-hydrogen) atoms. The summed E-state index contributed by atoms with van der Waals surface area (Å²) in [6.45, 7) is 3.65. The van der Waals surface area contributed by atoms with Gasteiger partial charge in [0.1, 0.15) is 0 Å². The molecule has 0 unspecified atom stereocenters. The molecule has 1 heterocycles. The van der Waals surface area contributed by atoms with Crippen LogP contribution < -0.4 is 0 Å². The van der Waals surface area contributed by atoms with Gasteiger partial charge in [-0.05, 0) is 37.6 Å². The van der Waals surface area contributed by atoms with Crippen LogP contribution in [0.1, 0.15) is 18.9 Å². The Morgan fingerprint density at radius 1 is 1.42 bits per heavy atom. The predicted molar refractivity (Wildman–Crippen MR) is 75.8 cm³/mol. The zero-order valence-corrected chi connectivity index (χ0v) is 11.9. The molecule has 0 aliphatic carbocycles. The summed E-state index contributed by atoms with van der Waals surface area (Å²) in [5.74, 6) is -0.231. The number of nitrogens with zero attached hydrogens (tertiary/aromatic N) is 2. The van der Waals surface area contributed by atoms with E-state index in [-0.39, 0.29) is 5.97 Å². The van der Waals surface area contributed by atoms with Gasteiger partial charge in [-0.1, -0.05) is 13.0 Å². The molecule has 4 heteroatoms. The van der Waals surface area contributed by atoms with Crippen LogP contribution in [0.15, 0.2) is 36.2 Å². The van der Waals surface area contributed by atoms with E-state index in [2.05, 4.69) is 9.88 Å². The lowest BCUT2D eigenvalue weighted by molar-refractivity contribution is -0.136. The molecular formula is C15H22N2O2.